The third-order valence-electron chi connectivity index (χ3n) is 3.45. The van der Waals surface area contributed by atoms with E-state index in [1.165, 1.54) is 7.11 Å². The molecule has 0 saturated heterocycles. The van der Waals surface area contributed by atoms with Gasteiger partial charge in [-0.1, -0.05) is 43.6 Å². The van der Waals surface area contributed by atoms with E-state index in [0.29, 0.717) is 47.8 Å². The zero-order valence-corrected chi connectivity index (χ0v) is 16.0. The standard InChI is InChI=1S/C20H24ClNO4/c1-14(2)13-26-19-17(21)11-15(12-18(19)24-3)20(23)22-9-10-25-16-7-5-4-6-8-16/h4-8,11-12,14H,9-10,13H2,1-3H3,(H,22,23). The highest BCUT2D eigenvalue weighted by molar-refractivity contribution is 6.32. The first-order valence-corrected chi connectivity index (χ1v) is 8.85. The summed E-state index contributed by atoms with van der Waals surface area (Å²) in [6, 6.07) is 12.6. The summed E-state index contributed by atoms with van der Waals surface area (Å²) in [5.74, 6) is 1.74. The van der Waals surface area contributed by atoms with Crippen LogP contribution in [0.1, 0.15) is 24.2 Å². The van der Waals surface area contributed by atoms with Crippen molar-refractivity contribution in [2.45, 2.75) is 13.8 Å². The normalized spacial score (nSPS) is 10.5. The molecule has 0 atom stereocenters. The van der Waals surface area contributed by atoms with E-state index in [-0.39, 0.29) is 5.91 Å². The third kappa shape index (κ3) is 5.85. The molecule has 0 bridgehead atoms. The molecule has 2 rings (SSSR count). The van der Waals surface area contributed by atoms with Gasteiger partial charge < -0.3 is 19.5 Å². The van der Waals surface area contributed by atoms with Crippen LogP contribution in [0, 0.1) is 5.92 Å². The highest BCUT2D eigenvalue weighted by Gasteiger charge is 2.16. The lowest BCUT2D eigenvalue weighted by atomic mass is 10.2. The summed E-state index contributed by atoms with van der Waals surface area (Å²) in [4.78, 5) is 12.3. The predicted octanol–water partition coefficient (Wildman–Crippen LogP) is 4.19. The summed E-state index contributed by atoms with van der Waals surface area (Å²) < 4.78 is 16.6. The van der Waals surface area contributed by atoms with E-state index in [9.17, 15) is 4.79 Å². The van der Waals surface area contributed by atoms with Gasteiger partial charge in [-0.25, -0.2) is 0 Å². The number of carbonyl (C=O) groups is 1. The van der Waals surface area contributed by atoms with Gasteiger partial charge in [-0.15, -0.1) is 0 Å². The number of benzene rings is 2. The lowest BCUT2D eigenvalue weighted by Crippen LogP contribution is -2.28. The SMILES string of the molecule is COc1cc(C(=O)NCCOc2ccccc2)cc(Cl)c1OCC(C)C. The highest BCUT2D eigenvalue weighted by atomic mass is 35.5. The summed E-state index contributed by atoms with van der Waals surface area (Å²) in [6.07, 6.45) is 0. The Hall–Kier alpha value is -2.40. The van der Waals surface area contributed by atoms with E-state index in [1.54, 1.807) is 12.1 Å². The van der Waals surface area contributed by atoms with Gasteiger partial charge in [0.25, 0.3) is 5.91 Å². The zero-order chi connectivity index (χ0) is 18.9. The number of para-hydroxylation sites is 1. The Morgan fingerprint density at radius 3 is 2.54 bits per heavy atom. The first-order valence-electron chi connectivity index (χ1n) is 8.47. The molecule has 6 heteroatoms. The highest BCUT2D eigenvalue weighted by Crippen LogP contribution is 2.36. The molecule has 0 aliphatic carbocycles. The van der Waals surface area contributed by atoms with E-state index in [0.717, 1.165) is 5.75 Å². The summed E-state index contributed by atoms with van der Waals surface area (Å²) in [7, 11) is 1.52. The predicted molar refractivity (Wildman–Crippen MR) is 103 cm³/mol. The summed E-state index contributed by atoms with van der Waals surface area (Å²) >= 11 is 6.27. The van der Waals surface area contributed by atoms with Gasteiger partial charge in [-0.05, 0) is 30.2 Å². The van der Waals surface area contributed by atoms with Crippen LogP contribution < -0.4 is 19.5 Å². The van der Waals surface area contributed by atoms with E-state index in [2.05, 4.69) is 5.32 Å². The number of ether oxygens (including phenoxy) is 3. The first kappa shape index (κ1) is 19.9. The van der Waals surface area contributed by atoms with Crippen molar-refractivity contribution < 1.29 is 19.0 Å². The van der Waals surface area contributed by atoms with Gasteiger partial charge in [0.15, 0.2) is 11.5 Å². The molecular formula is C20H24ClNO4. The molecule has 1 amide bonds. The van der Waals surface area contributed by atoms with E-state index >= 15 is 0 Å². The maximum absolute atomic E-state index is 12.3. The monoisotopic (exact) mass is 377 g/mol. The van der Waals surface area contributed by atoms with Gasteiger partial charge in [-0.3, -0.25) is 4.79 Å². The van der Waals surface area contributed by atoms with Crippen LogP contribution in [0.4, 0.5) is 0 Å². The molecule has 2 aromatic carbocycles. The van der Waals surface area contributed by atoms with Crippen LogP contribution in [0.25, 0.3) is 0 Å². The molecule has 1 N–H and O–H groups in total. The van der Waals surface area contributed by atoms with Gasteiger partial charge in [0.1, 0.15) is 12.4 Å². The van der Waals surface area contributed by atoms with Gasteiger partial charge in [0.05, 0.1) is 25.3 Å². The summed E-state index contributed by atoms with van der Waals surface area (Å²) in [5, 5.41) is 3.14. The van der Waals surface area contributed by atoms with E-state index in [4.69, 9.17) is 25.8 Å². The van der Waals surface area contributed by atoms with Crippen molar-refractivity contribution in [3.63, 3.8) is 0 Å². The average Bonchev–Trinajstić information content (AvgIpc) is 2.64. The number of halogens is 1. The second kappa shape index (κ2) is 9.92. The smallest absolute Gasteiger partial charge is 0.251 e. The Kier molecular flexibility index (Phi) is 7.60. The van der Waals surface area contributed by atoms with Gasteiger partial charge in [-0.2, -0.15) is 0 Å². The molecular weight excluding hydrogens is 354 g/mol. The molecule has 0 aliphatic heterocycles. The first-order chi connectivity index (χ1) is 12.5. The van der Waals surface area contributed by atoms with Gasteiger partial charge in [0.2, 0.25) is 0 Å². The molecule has 140 valence electrons. The van der Waals surface area contributed by atoms with Gasteiger partial charge in [0, 0.05) is 5.56 Å². The minimum Gasteiger partial charge on any atom is -0.493 e. The lowest BCUT2D eigenvalue weighted by molar-refractivity contribution is 0.0946. The van der Waals surface area contributed by atoms with Gasteiger partial charge >= 0.3 is 0 Å². The number of hydrogen-bond acceptors (Lipinski definition) is 4. The summed E-state index contributed by atoms with van der Waals surface area (Å²) in [6.45, 7) is 5.34. The number of carbonyl (C=O) groups excluding carboxylic acids is 1. The van der Waals surface area contributed by atoms with Crippen LogP contribution in [0.15, 0.2) is 42.5 Å². The van der Waals surface area contributed by atoms with Crippen LogP contribution in [-0.4, -0.2) is 32.8 Å². The zero-order valence-electron chi connectivity index (χ0n) is 15.3. The fourth-order valence-electron chi connectivity index (χ4n) is 2.19. The Morgan fingerprint density at radius 2 is 1.88 bits per heavy atom. The van der Waals surface area contributed by atoms with Crippen LogP contribution in [-0.2, 0) is 0 Å². The van der Waals surface area contributed by atoms with Crippen LogP contribution in [0.2, 0.25) is 5.02 Å². The molecule has 0 saturated carbocycles. The molecule has 5 nitrogen and oxygen atoms in total. The molecule has 2 aromatic rings. The minimum atomic E-state index is -0.253. The number of rotatable bonds is 9. The molecule has 0 aliphatic rings. The van der Waals surface area contributed by atoms with Crippen molar-refractivity contribution in [3.8, 4) is 17.2 Å². The molecule has 0 radical (unpaired) electrons. The molecule has 0 aromatic heterocycles. The third-order valence-corrected chi connectivity index (χ3v) is 3.73. The van der Waals surface area contributed by atoms with E-state index < -0.39 is 0 Å². The van der Waals surface area contributed by atoms with Crippen molar-refractivity contribution in [3.05, 3.63) is 53.1 Å². The number of amides is 1. The Labute approximate surface area is 159 Å². The average molecular weight is 378 g/mol. The van der Waals surface area contributed by atoms with Crippen molar-refractivity contribution in [1.29, 1.82) is 0 Å². The molecule has 0 fully saturated rings. The second-order valence-electron chi connectivity index (χ2n) is 6.11. The van der Waals surface area contributed by atoms with Crippen LogP contribution in [0.3, 0.4) is 0 Å². The largest absolute Gasteiger partial charge is 0.493 e. The minimum absolute atomic E-state index is 0.253. The quantitative estimate of drug-likeness (QED) is 0.665. The maximum atomic E-state index is 12.3. The number of hydrogen-bond donors (Lipinski definition) is 1. The Bertz CT molecular complexity index is 719. The van der Waals surface area contributed by atoms with Crippen LogP contribution in [0.5, 0.6) is 17.2 Å². The molecule has 0 unspecified atom stereocenters. The van der Waals surface area contributed by atoms with Crippen LogP contribution >= 0.6 is 11.6 Å². The molecule has 26 heavy (non-hydrogen) atoms. The lowest BCUT2D eigenvalue weighted by Gasteiger charge is -2.15. The van der Waals surface area contributed by atoms with Crippen molar-refractivity contribution in [2.24, 2.45) is 5.92 Å². The topological polar surface area (TPSA) is 56.8 Å². The summed E-state index contributed by atoms with van der Waals surface area (Å²) in [5.41, 5.74) is 0.406. The fraction of sp³-hybridized carbons (Fsp3) is 0.350. The maximum Gasteiger partial charge on any atom is 0.251 e. The number of nitrogens with one attached hydrogen (secondary N) is 1. The fourth-order valence-corrected chi connectivity index (χ4v) is 2.46. The van der Waals surface area contributed by atoms with Crippen molar-refractivity contribution in [2.75, 3.05) is 26.9 Å². The van der Waals surface area contributed by atoms with Crippen molar-refractivity contribution >= 4 is 17.5 Å². The second-order valence-corrected chi connectivity index (χ2v) is 6.52. The Morgan fingerprint density at radius 1 is 1.15 bits per heavy atom. The Balaban J connectivity index is 1.94. The molecule has 0 heterocycles. The molecule has 0 spiro atoms. The number of methoxy groups -OCH3 is 1. The van der Waals surface area contributed by atoms with E-state index in [1.807, 2.05) is 44.2 Å². The van der Waals surface area contributed by atoms with Crippen molar-refractivity contribution in [1.82, 2.24) is 5.32 Å².